The van der Waals surface area contributed by atoms with Gasteiger partial charge in [0.05, 0.1) is 5.38 Å². The van der Waals surface area contributed by atoms with E-state index in [1.807, 2.05) is 19.2 Å². The third-order valence-corrected chi connectivity index (χ3v) is 4.51. The second kappa shape index (κ2) is 4.78. The zero-order chi connectivity index (χ0) is 13.6. The standard InChI is InChI=1S/C15H20ClN3/c1-9-5-4-6-12(9)19-14(11(3)16)18-13-10(2)7-8-17-15(13)19/h7-9,11-12H,4-6H2,1-3H3. The molecular formula is C15H20ClN3. The lowest BCUT2D eigenvalue weighted by atomic mass is 10.1. The minimum Gasteiger partial charge on any atom is -0.308 e. The predicted molar refractivity (Wildman–Crippen MR) is 78.6 cm³/mol. The maximum Gasteiger partial charge on any atom is 0.160 e. The molecule has 0 bridgehead atoms. The van der Waals surface area contributed by atoms with Gasteiger partial charge in [-0.25, -0.2) is 9.97 Å². The third-order valence-electron chi connectivity index (χ3n) is 4.31. The number of halogens is 1. The van der Waals surface area contributed by atoms with Crippen LogP contribution in [-0.4, -0.2) is 14.5 Å². The summed E-state index contributed by atoms with van der Waals surface area (Å²) in [6.45, 7) is 6.40. The van der Waals surface area contributed by atoms with Crippen molar-refractivity contribution in [2.45, 2.75) is 51.5 Å². The number of aryl methyl sites for hydroxylation is 1. The Morgan fingerprint density at radius 2 is 2.21 bits per heavy atom. The first kappa shape index (κ1) is 12.9. The van der Waals surface area contributed by atoms with Crippen LogP contribution in [-0.2, 0) is 0 Å². The maximum atomic E-state index is 6.35. The van der Waals surface area contributed by atoms with Gasteiger partial charge in [0.2, 0.25) is 0 Å². The normalized spacial score (nSPS) is 25.1. The van der Waals surface area contributed by atoms with Gasteiger partial charge in [-0.05, 0) is 44.2 Å². The Morgan fingerprint density at radius 1 is 1.42 bits per heavy atom. The van der Waals surface area contributed by atoms with Crippen molar-refractivity contribution < 1.29 is 0 Å². The zero-order valence-corrected chi connectivity index (χ0v) is 12.5. The highest BCUT2D eigenvalue weighted by Gasteiger charge is 2.30. The van der Waals surface area contributed by atoms with Crippen LogP contribution < -0.4 is 0 Å². The summed E-state index contributed by atoms with van der Waals surface area (Å²) >= 11 is 6.35. The van der Waals surface area contributed by atoms with E-state index in [0.29, 0.717) is 12.0 Å². The summed E-state index contributed by atoms with van der Waals surface area (Å²) in [7, 11) is 0. The van der Waals surface area contributed by atoms with Crippen molar-refractivity contribution in [3.8, 4) is 0 Å². The minimum absolute atomic E-state index is 0.0820. The number of nitrogens with zero attached hydrogens (tertiary/aromatic N) is 3. The Hall–Kier alpha value is -1.09. The van der Waals surface area contributed by atoms with Crippen molar-refractivity contribution in [1.29, 1.82) is 0 Å². The summed E-state index contributed by atoms with van der Waals surface area (Å²) in [4.78, 5) is 9.33. The number of rotatable bonds is 2. The number of hydrogen-bond donors (Lipinski definition) is 0. The summed E-state index contributed by atoms with van der Waals surface area (Å²) < 4.78 is 2.30. The molecule has 3 rings (SSSR count). The van der Waals surface area contributed by atoms with Crippen molar-refractivity contribution in [3.63, 3.8) is 0 Å². The van der Waals surface area contributed by atoms with E-state index in [2.05, 4.69) is 23.4 Å². The molecule has 3 nitrogen and oxygen atoms in total. The maximum absolute atomic E-state index is 6.35. The Labute approximate surface area is 119 Å². The Balaban J connectivity index is 2.25. The molecule has 3 unspecified atom stereocenters. The first-order chi connectivity index (χ1) is 9.09. The molecule has 4 heteroatoms. The average molecular weight is 278 g/mol. The van der Waals surface area contributed by atoms with E-state index in [-0.39, 0.29) is 5.38 Å². The van der Waals surface area contributed by atoms with Gasteiger partial charge in [0.15, 0.2) is 5.65 Å². The van der Waals surface area contributed by atoms with Gasteiger partial charge in [0.25, 0.3) is 0 Å². The molecule has 19 heavy (non-hydrogen) atoms. The van der Waals surface area contributed by atoms with Gasteiger partial charge < -0.3 is 4.57 Å². The molecule has 102 valence electrons. The lowest BCUT2D eigenvalue weighted by Crippen LogP contribution is -2.15. The highest BCUT2D eigenvalue weighted by Crippen LogP contribution is 2.39. The molecule has 0 N–H and O–H groups in total. The average Bonchev–Trinajstić information content (AvgIpc) is 2.93. The highest BCUT2D eigenvalue weighted by molar-refractivity contribution is 6.20. The minimum atomic E-state index is -0.0820. The molecule has 2 aromatic heterocycles. The van der Waals surface area contributed by atoms with E-state index in [1.54, 1.807) is 0 Å². The number of hydrogen-bond acceptors (Lipinski definition) is 2. The van der Waals surface area contributed by atoms with Crippen LogP contribution in [0.5, 0.6) is 0 Å². The smallest absolute Gasteiger partial charge is 0.160 e. The van der Waals surface area contributed by atoms with Crippen LogP contribution in [0.1, 0.15) is 55.9 Å². The lowest BCUT2D eigenvalue weighted by molar-refractivity contribution is 0.403. The number of pyridine rings is 1. The van der Waals surface area contributed by atoms with Crippen LogP contribution in [0, 0.1) is 12.8 Å². The number of alkyl halides is 1. The van der Waals surface area contributed by atoms with E-state index in [9.17, 15) is 0 Å². The van der Waals surface area contributed by atoms with Gasteiger partial charge in [0.1, 0.15) is 11.3 Å². The molecule has 0 saturated heterocycles. The van der Waals surface area contributed by atoms with Gasteiger partial charge in [0, 0.05) is 12.2 Å². The fourth-order valence-electron chi connectivity index (χ4n) is 3.24. The van der Waals surface area contributed by atoms with E-state index >= 15 is 0 Å². The first-order valence-electron chi connectivity index (χ1n) is 7.07. The Kier molecular flexibility index (Phi) is 3.25. The molecular weight excluding hydrogens is 258 g/mol. The van der Waals surface area contributed by atoms with Gasteiger partial charge in [-0.3, -0.25) is 0 Å². The van der Waals surface area contributed by atoms with Crippen molar-refractivity contribution in [3.05, 3.63) is 23.7 Å². The second-order valence-electron chi connectivity index (χ2n) is 5.73. The monoisotopic (exact) mass is 277 g/mol. The van der Waals surface area contributed by atoms with Crippen molar-refractivity contribution in [2.75, 3.05) is 0 Å². The van der Waals surface area contributed by atoms with Crippen LogP contribution in [0.4, 0.5) is 0 Å². The quantitative estimate of drug-likeness (QED) is 0.762. The summed E-state index contributed by atoms with van der Waals surface area (Å²) in [6.07, 6.45) is 5.65. The van der Waals surface area contributed by atoms with Crippen molar-refractivity contribution in [2.24, 2.45) is 5.92 Å². The summed E-state index contributed by atoms with van der Waals surface area (Å²) in [6, 6.07) is 2.51. The van der Waals surface area contributed by atoms with Crippen LogP contribution in [0.25, 0.3) is 11.2 Å². The molecule has 2 aromatic rings. The van der Waals surface area contributed by atoms with Crippen molar-refractivity contribution >= 4 is 22.8 Å². The molecule has 0 radical (unpaired) electrons. The summed E-state index contributed by atoms with van der Waals surface area (Å²) in [5.74, 6) is 1.64. The van der Waals surface area contributed by atoms with Crippen LogP contribution in [0.3, 0.4) is 0 Å². The van der Waals surface area contributed by atoms with E-state index in [1.165, 1.54) is 24.8 Å². The molecule has 2 heterocycles. The van der Waals surface area contributed by atoms with Gasteiger partial charge >= 0.3 is 0 Å². The lowest BCUT2D eigenvalue weighted by Gasteiger charge is -2.21. The molecule has 0 aliphatic heterocycles. The Morgan fingerprint density at radius 3 is 2.84 bits per heavy atom. The van der Waals surface area contributed by atoms with Gasteiger partial charge in [-0.1, -0.05) is 13.3 Å². The van der Waals surface area contributed by atoms with E-state index in [4.69, 9.17) is 16.6 Å². The SMILES string of the molecule is Cc1ccnc2c1nc(C(C)Cl)n2C1CCCC1C. The summed E-state index contributed by atoms with van der Waals surface area (Å²) in [5, 5.41) is -0.0820. The molecule has 1 saturated carbocycles. The van der Waals surface area contributed by atoms with E-state index < -0.39 is 0 Å². The number of imidazole rings is 1. The number of aromatic nitrogens is 3. The second-order valence-corrected chi connectivity index (χ2v) is 6.39. The molecule has 1 fully saturated rings. The molecule has 0 aromatic carbocycles. The fraction of sp³-hybridized carbons (Fsp3) is 0.600. The fourth-order valence-corrected chi connectivity index (χ4v) is 3.40. The largest absolute Gasteiger partial charge is 0.308 e. The van der Waals surface area contributed by atoms with Crippen LogP contribution in [0.2, 0.25) is 0 Å². The van der Waals surface area contributed by atoms with Gasteiger partial charge in [-0.2, -0.15) is 0 Å². The van der Waals surface area contributed by atoms with Crippen molar-refractivity contribution in [1.82, 2.24) is 14.5 Å². The Bertz CT molecular complexity index is 603. The predicted octanol–water partition coefficient (Wildman–Crippen LogP) is 4.40. The topological polar surface area (TPSA) is 30.7 Å². The zero-order valence-electron chi connectivity index (χ0n) is 11.7. The summed E-state index contributed by atoms with van der Waals surface area (Å²) in [5.41, 5.74) is 3.18. The molecule has 3 atom stereocenters. The molecule has 0 amide bonds. The molecule has 1 aliphatic rings. The first-order valence-corrected chi connectivity index (χ1v) is 7.50. The van der Waals surface area contributed by atoms with Crippen LogP contribution in [0.15, 0.2) is 12.3 Å². The number of fused-ring (bicyclic) bond motifs is 1. The molecule has 1 aliphatic carbocycles. The third kappa shape index (κ3) is 2.04. The highest BCUT2D eigenvalue weighted by atomic mass is 35.5. The van der Waals surface area contributed by atoms with Gasteiger partial charge in [-0.15, -0.1) is 11.6 Å². The molecule has 0 spiro atoms. The van der Waals surface area contributed by atoms with E-state index in [0.717, 1.165) is 17.0 Å². The van der Waals surface area contributed by atoms with Crippen LogP contribution >= 0.6 is 11.6 Å².